The Bertz CT molecular complexity index is 287. The number of halogens is 1. The fourth-order valence-electron chi connectivity index (χ4n) is 1.39. The van der Waals surface area contributed by atoms with E-state index in [0.29, 0.717) is 17.7 Å². The number of fused-ring (bicyclic) bond motifs is 1. The predicted molar refractivity (Wildman–Crippen MR) is 55.7 cm³/mol. The van der Waals surface area contributed by atoms with Crippen molar-refractivity contribution in [3.63, 3.8) is 0 Å². The molecule has 0 N–H and O–H groups in total. The van der Waals surface area contributed by atoms with Crippen molar-refractivity contribution in [2.45, 2.75) is 11.8 Å². The van der Waals surface area contributed by atoms with Crippen LogP contribution in [0.25, 0.3) is 0 Å². The number of nitrogens with zero attached hydrogens (tertiary/aromatic N) is 1. The van der Waals surface area contributed by atoms with E-state index in [2.05, 4.69) is 0 Å². The number of hydrogen-bond acceptors (Lipinski definition) is 2. The third kappa shape index (κ3) is 1.76. The van der Waals surface area contributed by atoms with Crippen LogP contribution in [-0.2, 0) is 4.79 Å². The maximum Gasteiger partial charge on any atom is 0.230 e. The summed E-state index contributed by atoms with van der Waals surface area (Å²) in [5.41, 5.74) is 1.18. The van der Waals surface area contributed by atoms with Gasteiger partial charge in [-0.15, -0.1) is 23.4 Å². The zero-order valence-electron chi connectivity index (χ0n) is 7.07. The lowest BCUT2D eigenvalue weighted by molar-refractivity contribution is -0.137. The van der Waals surface area contributed by atoms with Crippen molar-refractivity contribution in [2.75, 3.05) is 11.6 Å². The Hall–Kier alpha value is -0.410. The molecule has 0 radical (unpaired) electrons. The summed E-state index contributed by atoms with van der Waals surface area (Å²) in [4.78, 5) is 12.9. The van der Waals surface area contributed by atoms with Gasteiger partial charge in [0.25, 0.3) is 0 Å². The smallest absolute Gasteiger partial charge is 0.230 e. The normalized spacial score (nSPS) is 27.2. The van der Waals surface area contributed by atoms with Crippen LogP contribution < -0.4 is 0 Å². The van der Waals surface area contributed by atoms with Gasteiger partial charge in [0.05, 0.1) is 11.8 Å². The van der Waals surface area contributed by atoms with Gasteiger partial charge in [-0.05, 0) is 5.57 Å². The molecule has 1 fully saturated rings. The number of thioether (sulfide) groups is 1. The van der Waals surface area contributed by atoms with Crippen molar-refractivity contribution < 1.29 is 4.79 Å². The summed E-state index contributed by atoms with van der Waals surface area (Å²) in [5, 5.41) is 0.403. The first-order valence-electron chi connectivity index (χ1n) is 4.17. The number of allylic oxidation sites excluding steroid dienone is 2. The Morgan fingerprint density at radius 1 is 1.77 bits per heavy atom. The molecule has 2 rings (SSSR count). The quantitative estimate of drug-likeness (QED) is 0.519. The predicted octanol–water partition coefficient (Wildman–Crippen LogP) is 1.97. The third-order valence-electron chi connectivity index (χ3n) is 2.12. The highest BCUT2D eigenvalue weighted by atomic mass is 35.5. The van der Waals surface area contributed by atoms with Gasteiger partial charge < -0.3 is 4.90 Å². The third-order valence-corrected chi connectivity index (χ3v) is 3.57. The summed E-state index contributed by atoms with van der Waals surface area (Å²) in [7, 11) is 0. The average Bonchev–Trinajstić information content (AvgIpc) is 2.14. The van der Waals surface area contributed by atoms with E-state index in [1.54, 1.807) is 0 Å². The number of alkyl halides is 1. The zero-order chi connectivity index (χ0) is 9.26. The summed E-state index contributed by atoms with van der Waals surface area (Å²) >= 11 is 7.34. The fourth-order valence-corrected chi connectivity index (χ4v) is 2.64. The molecule has 13 heavy (non-hydrogen) atoms. The van der Waals surface area contributed by atoms with Crippen LogP contribution in [0.4, 0.5) is 0 Å². The molecular formula is C9H10ClNOS. The topological polar surface area (TPSA) is 20.3 Å². The van der Waals surface area contributed by atoms with E-state index in [9.17, 15) is 4.79 Å². The molecule has 0 aromatic rings. The van der Waals surface area contributed by atoms with Crippen molar-refractivity contribution in [3.05, 3.63) is 23.9 Å². The highest BCUT2D eigenvalue weighted by molar-refractivity contribution is 8.00. The lowest BCUT2D eigenvalue weighted by Crippen LogP contribution is -2.48. The van der Waals surface area contributed by atoms with Crippen molar-refractivity contribution in [3.8, 4) is 0 Å². The zero-order valence-corrected chi connectivity index (χ0v) is 8.64. The summed E-state index contributed by atoms with van der Waals surface area (Å²) in [5.74, 6) is 1.75. The number of rotatable bonds is 2. The van der Waals surface area contributed by atoms with Gasteiger partial charge >= 0.3 is 0 Å². The maximum atomic E-state index is 11.1. The SMILES string of the molecule is O=C1C[C@@H]2SCC(C=CCCl)=CN12. The summed E-state index contributed by atoms with van der Waals surface area (Å²) in [6.07, 6.45) is 6.53. The molecule has 2 aliphatic heterocycles. The van der Waals surface area contributed by atoms with Crippen LogP contribution in [0.1, 0.15) is 6.42 Å². The largest absolute Gasteiger partial charge is 0.306 e. The lowest BCUT2D eigenvalue weighted by atomic mass is 10.2. The Balaban J connectivity index is 2.05. The second kappa shape index (κ2) is 3.76. The molecule has 2 heterocycles. The van der Waals surface area contributed by atoms with Gasteiger partial charge in [-0.3, -0.25) is 4.79 Å². The van der Waals surface area contributed by atoms with Crippen molar-refractivity contribution in [1.29, 1.82) is 0 Å². The molecule has 0 unspecified atom stereocenters. The van der Waals surface area contributed by atoms with Gasteiger partial charge in [0.2, 0.25) is 5.91 Å². The molecule has 1 saturated heterocycles. The van der Waals surface area contributed by atoms with Crippen LogP contribution in [0.5, 0.6) is 0 Å². The minimum atomic E-state index is 0.231. The highest BCUT2D eigenvalue weighted by Crippen LogP contribution is 2.35. The van der Waals surface area contributed by atoms with Crippen LogP contribution in [-0.4, -0.2) is 27.8 Å². The van der Waals surface area contributed by atoms with Crippen LogP contribution in [0.3, 0.4) is 0 Å². The van der Waals surface area contributed by atoms with E-state index < -0.39 is 0 Å². The van der Waals surface area contributed by atoms with E-state index in [1.807, 2.05) is 35.0 Å². The van der Waals surface area contributed by atoms with Crippen LogP contribution in [0.15, 0.2) is 23.9 Å². The molecule has 4 heteroatoms. The first kappa shape index (κ1) is 9.16. The summed E-state index contributed by atoms with van der Waals surface area (Å²) in [6, 6.07) is 0. The second-order valence-electron chi connectivity index (χ2n) is 3.03. The molecular weight excluding hydrogens is 206 g/mol. The van der Waals surface area contributed by atoms with E-state index in [0.717, 1.165) is 5.75 Å². The number of amides is 1. The van der Waals surface area contributed by atoms with Gasteiger partial charge in [0.1, 0.15) is 0 Å². The van der Waals surface area contributed by atoms with E-state index in [1.165, 1.54) is 5.57 Å². The summed E-state index contributed by atoms with van der Waals surface area (Å²) < 4.78 is 0. The molecule has 0 saturated carbocycles. The number of carbonyl (C=O) groups excluding carboxylic acids is 1. The molecule has 0 bridgehead atoms. The number of β-lactam (4-membered cyclic amide) rings is 1. The minimum Gasteiger partial charge on any atom is -0.306 e. The Morgan fingerprint density at radius 3 is 3.31 bits per heavy atom. The second-order valence-corrected chi connectivity index (χ2v) is 4.51. The summed E-state index contributed by atoms with van der Waals surface area (Å²) in [6.45, 7) is 0. The molecule has 1 amide bonds. The molecule has 0 aromatic heterocycles. The Kier molecular flexibility index (Phi) is 2.65. The van der Waals surface area contributed by atoms with Gasteiger partial charge in [-0.25, -0.2) is 0 Å². The van der Waals surface area contributed by atoms with Crippen molar-refractivity contribution >= 4 is 29.3 Å². The minimum absolute atomic E-state index is 0.231. The number of hydrogen-bond donors (Lipinski definition) is 0. The van der Waals surface area contributed by atoms with Gasteiger partial charge in [0, 0.05) is 17.8 Å². The number of carbonyl (C=O) groups is 1. The standard InChI is InChI=1S/C9H10ClNOS/c10-3-1-2-7-5-11-8(12)4-9(11)13-6-7/h1-2,5,9H,3-4,6H2/t9-/m0/s1. The van der Waals surface area contributed by atoms with Crippen molar-refractivity contribution in [2.24, 2.45) is 0 Å². The molecule has 0 aromatic carbocycles. The molecule has 70 valence electrons. The Labute approximate surface area is 86.6 Å². The fraction of sp³-hybridized carbons (Fsp3) is 0.444. The maximum absolute atomic E-state index is 11.1. The molecule has 0 aliphatic carbocycles. The lowest BCUT2D eigenvalue weighted by Gasteiger charge is -2.40. The van der Waals surface area contributed by atoms with Crippen LogP contribution >= 0.6 is 23.4 Å². The monoisotopic (exact) mass is 215 g/mol. The van der Waals surface area contributed by atoms with E-state index in [-0.39, 0.29) is 5.91 Å². The average molecular weight is 216 g/mol. The first-order valence-corrected chi connectivity index (χ1v) is 5.75. The molecule has 2 aliphatic rings. The van der Waals surface area contributed by atoms with E-state index in [4.69, 9.17) is 11.6 Å². The molecule has 1 atom stereocenters. The van der Waals surface area contributed by atoms with Gasteiger partial charge in [0.15, 0.2) is 0 Å². The highest BCUT2D eigenvalue weighted by Gasteiger charge is 2.37. The molecule has 0 spiro atoms. The molecule has 2 nitrogen and oxygen atoms in total. The van der Waals surface area contributed by atoms with E-state index >= 15 is 0 Å². The van der Waals surface area contributed by atoms with Crippen LogP contribution in [0, 0.1) is 0 Å². The van der Waals surface area contributed by atoms with Gasteiger partial charge in [-0.2, -0.15) is 0 Å². The first-order chi connectivity index (χ1) is 6.31. The van der Waals surface area contributed by atoms with Gasteiger partial charge in [-0.1, -0.05) is 12.2 Å². The Morgan fingerprint density at radius 2 is 2.62 bits per heavy atom. The van der Waals surface area contributed by atoms with Crippen molar-refractivity contribution in [1.82, 2.24) is 4.90 Å². The van der Waals surface area contributed by atoms with Crippen LogP contribution in [0.2, 0.25) is 0 Å².